The lowest BCUT2D eigenvalue weighted by Gasteiger charge is -2.33. The number of benzene rings is 3. The summed E-state index contributed by atoms with van der Waals surface area (Å²) in [5.41, 5.74) is 1.76. The van der Waals surface area contributed by atoms with Gasteiger partial charge in [-0.15, -0.1) is 0 Å². The monoisotopic (exact) mass is 575 g/mol. The Bertz CT molecular complexity index is 1290. The number of hydrogen-bond donors (Lipinski definition) is 1. The average Bonchev–Trinajstić information content (AvgIpc) is 2.86. The van der Waals surface area contributed by atoms with Crippen LogP contribution in [0.2, 0.25) is 0 Å². The smallest absolute Gasteiger partial charge is 0.244 e. The van der Waals surface area contributed by atoms with Crippen LogP contribution < -0.4 is 9.62 Å². The Hall–Kier alpha value is -3.24. The molecule has 0 saturated carbocycles. The van der Waals surface area contributed by atoms with Crippen molar-refractivity contribution >= 4 is 43.5 Å². The highest BCUT2D eigenvalue weighted by Crippen LogP contribution is 2.21. The van der Waals surface area contributed by atoms with Crippen LogP contribution in [0.1, 0.15) is 11.1 Å². The van der Waals surface area contributed by atoms with Crippen molar-refractivity contribution in [3.63, 3.8) is 0 Å². The number of carbonyl (C=O) groups is 2. The van der Waals surface area contributed by atoms with Gasteiger partial charge >= 0.3 is 0 Å². The predicted molar refractivity (Wildman–Crippen MR) is 141 cm³/mol. The number of rotatable bonds is 10. The lowest BCUT2D eigenvalue weighted by atomic mass is 10.0. The van der Waals surface area contributed by atoms with Crippen LogP contribution in [0.25, 0.3) is 0 Å². The van der Waals surface area contributed by atoms with E-state index in [4.69, 9.17) is 0 Å². The molecule has 7 nitrogen and oxygen atoms in total. The van der Waals surface area contributed by atoms with Crippen molar-refractivity contribution in [3.05, 3.63) is 100 Å². The molecule has 190 valence electrons. The van der Waals surface area contributed by atoms with Crippen molar-refractivity contribution in [1.29, 1.82) is 0 Å². The number of anilines is 1. The zero-order chi connectivity index (χ0) is 26.3. The number of hydrogen-bond acceptors (Lipinski definition) is 4. The molecule has 36 heavy (non-hydrogen) atoms. The second kappa shape index (κ2) is 12.1. The van der Waals surface area contributed by atoms with E-state index in [-0.39, 0.29) is 24.6 Å². The van der Waals surface area contributed by atoms with Gasteiger partial charge in [0.2, 0.25) is 21.8 Å². The Kier molecular flexibility index (Phi) is 9.22. The van der Waals surface area contributed by atoms with Crippen molar-refractivity contribution in [2.24, 2.45) is 0 Å². The molecule has 0 heterocycles. The average molecular weight is 576 g/mol. The van der Waals surface area contributed by atoms with Crippen LogP contribution in [0.3, 0.4) is 0 Å². The van der Waals surface area contributed by atoms with Crippen LogP contribution in [0.15, 0.2) is 83.3 Å². The molecule has 1 atom stereocenters. The molecule has 2 amide bonds. The molecule has 0 aliphatic heterocycles. The maximum atomic E-state index is 13.7. The Morgan fingerprint density at radius 1 is 0.944 bits per heavy atom. The summed E-state index contributed by atoms with van der Waals surface area (Å²) in [6.45, 7) is -0.471. The molecule has 0 radical (unpaired) electrons. The molecule has 0 saturated heterocycles. The van der Waals surface area contributed by atoms with Crippen molar-refractivity contribution in [2.75, 3.05) is 24.2 Å². The van der Waals surface area contributed by atoms with Crippen molar-refractivity contribution in [1.82, 2.24) is 10.2 Å². The predicted octanol–water partition coefficient (Wildman–Crippen LogP) is 3.74. The fraction of sp³-hybridized carbons (Fsp3) is 0.231. The number of carbonyl (C=O) groups excluding carboxylic acids is 2. The Balaban J connectivity index is 2.00. The summed E-state index contributed by atoms with van der Waals surface area (Å²) in [5, 5.41) is 2.62. The third kappa shape index (κ3) is 7.38. The Labute approximate surface area is 219 Å². The first-order chi connectivity index (χ1) is 17.1. The molecule has 0 aromatic heterocycles. The second-order valence-corrected chi connectivity index (χ2v) is 11.0. The molecule has 0 aliphatic carbocycles. The standard InChI is InChI=1S/C26H27BrFN3O4S/c1-29-26(33)24(16-19-6-4-3-5-7-19)30(17-20-8-10-21(27)11-9-20)25(32)18-31(36(2,34)35)23-14-12-22(28)13-15-23/h3-15,24H,16-18H2,1-2H3,(H,29,33)/t24-/m1/s1. The minimum Gasteiger partial charge on any atom is -0.357 e. The number of nitrogens with one attached hydrogen (secondary N) is 1. The van der Waals surface area contributed by atoms with Gasteiger partial charge in [-0.3, -0.25) is 13.9 Å². The summed E-state index contributed by atoms with van der Waals surface area (Å²) in [4.78, 5) is 28.1. The van der Waals surface area contributed by atoms with Gasteiger partial charge in [0, 0.05) is 24.5 Å². The Morgan fingerprint density at radius 2 is 1.56 bits per heavy atom. The lowest BCUT2D eigenvalue weighted by Crippen LogP contribution is -2.52. The van der Waals surface area contributed by atoms with E-state index in [1.807, 2.05) is 54.6 Å². The van der Waals surface area contributed by atoms with Crippen molar-refractivity contribution < 1.29 is 22.4 Å². The van der Waals surface area contributed by atoms with Gasteiger partial charge in [-0.05, 0) is 47.5 Å². The van der Waals surface area contributed by atoms with Gasteiger partial charge in [0.25, 0.3) is 0 Å². The highest BCUT2D eigenvalue weighted by molar-refractivity contribution is 9.10. The minimum absolute atomic E-state index is 0.0814. The van der Waals surface area contributed by atoms with Gasteiger partial charge in [-0.2, -0.15) is 0 Å². The van der Waals surface area contributed by atoms with Gasteiger partial charge in [0.15, 0.2) is 0 Å². The highest BCUT2D eigenvalue weighted by atomic mass is 79.9. The van der Waals surface area contributed by atoms with E-state index in [1.54, 1.807) is 0 Å². The van der Waals surface area contributed by atoms with Crippen LogP contribution in [0, 0.1) is 5.82 Å². The van der Waals surface area contributed by atoms with Gasteiger partial charge in [-0.1, -0.05) is 58.4 Å². The molecule has 10 heteroatoms. The lowest BCUT2D eigenvalue weighted by molar-refractivity contribution is -0.139. The van der Waals surface area contributed by atoms with E-state index in [1.165, 1.54) is 24.1 Å². The molecule has 3 aromatic rings. The van der Waals surface area contributed by atoms with Gasteiger partial charge < -0.3 is 10.2 Å². The second-order valence-electron chi connectivity index (χ2n) is 8.21. The van der Waals surface area contributed by atoms with Crippen LogP contribution in [-0.4, -0.2) is 51.0 Å². The van der Waals surface area contributed by atoms with Crippen LogP contribution in [0.5, 0.6) is 0 Å². The molecule has 0 aliphatic rings. The SMILES string of the molecule is CNC(=O)[C@@H](Cc1ccccc1)N(Cc1ccc(Br)cc1)C(=O)CN(c1ccc(F)cc1)S(C)(=O)=O. The summed E-state index contributed by atoms with van der Waals surface area (Å²) in [7, 11) is -2.40. The fourth-order valence-corrected chi connectivity index (χ4v) is 4.84. The summed E-state index contributed by atoms with van der Waals surface area (Å²) in [5.74, 6) is -1.48. The van der Waals surface area contributed by atoms with Crippen LogP contribution in [0.4, 0.5) is 10.1 Å². The topological polar surface area (TPSA) is 86.8 Å². The van der Waals surface area contributed by atoms with Gasteiger partial charge in [0.1, 0.15) is 18.4 Å². The molecule has 0 spiro atoms. The number of sulfonamides is 1. The first kappa shape index (κ1) is 27.3. The molecular weight excluding hydrogens is 549 g/mol. The number of nitrogens with zero attached hydrogens (tertiary/aromatic N) is 2. The molecule has 0 bridgehead atoms. The third-order valence-corrected chi connectivity index (χ3v) is 7.25. The van der Waals surface area contributed by atoms with E-state index in [0.717, 1.165) is 38.3 Å². The number of amides is 2. The maximum Gasteiger partial charge on any atom is 0.244 e. The van der Waals surface area contributed by atoms with Crippen molar-refractivity contribution in [2.45, 2.75) is 19.0 Å². The van der Waals surface area contributed by atoms with E-state index in [9.17, 15) is 22.4 Å². The minimum atomic E-state index is -3.89. The van der Waals surface area contributed by atoms with E-state index in [0.29, 0.717) is 0 Å². The van der Waals surface area contributed by atoms with Gasteiger partial charge in [0.05, 0.1) is 11.9 Å². The summed E-state index contributed by atoms with van der Waals surface area (Å²) < 4.78 is 40.4. The molecule has 3 aromatic carbocycles. The van der Waals surface area contributed by atoms with Crippen LogP contribution in [-0.2, 0) is 32.6 Å². The zero-order valence-corrected chi connectivity index (χ0v) is 22.3. The first-order valence-corrected chi connectivity index (χ1v) is 13.8. The quantitative estimate of drug-likeness (QED) is 0.399. The molecule has 1 N–H and O–H groups in total. The maximum absolute atomic E-state index is 13.7. The number of halogens is 2. The van der Waals surface area contributed by atoms with E-state index in [2.05, 4.69) is 21.2 Å². The third-order valence-electron chi connectivity index (χ3n) is 5.58. The highest BCUT2D eigenvalue weighted by Gasteiger charge is 2.32. The van der Waals surface area contributed by atoms with E-state index < -0.39 is 34.3 Å². The summed E-state index contributed by atoms with van der Waals surface area (Å²) in [6, 6.07) is 20.5. The molecule has 0 fully saturated rings. The first-order valence-electron chi connectivity index (χ1n) is 11.1. The molecule has 3 rings (SSSR count). The summed E-state index contributed by atoms with van der Waals surface area (Å²) >= 11 is 3.39. The zero-order valence-electron chi connectivity index (χ0n) is 19.9. The normalized spacial score (nSPS) is 12.0. The van der Waals surface area contributed by atoms with Crippen LogP contribution >= 0.6 is 15.9 Å². The molecular formula is C26H27BrFN3O4S. The van der Waals surface area contributed by atoms with Gasteiger partial charge in [-0.25, -0.2) is 12.8 Å². The molecule has 0 unspecified atom stereocenters. The summed E-state index contributed by atoms with van der Waals surface area (Å²) in [6.07, 6.45) is 1.21. The largest absolute Gasteiger partial charge is 0.357 e. The Morgan fingerprint density at radius 3 is 2.11 bits per heavy atom. The van der Waals surface area contributed by atoms with Crippen molar-refractivity contribution in [3.8, 4) is 0 Å². The fourth-order valence-electron chi connectivity index (χ4n) is 3.73. The number of likely N-dealkylation sites (N-methyl/N-ethyl adjacent to an activating group) is 1. The van der Waals surface area contributed by atoms with E-state index >= 15 is 0 Å².